The number of amides is 1. The van der Waals surface area contributed by atoms with Crippen molar-refractivity contribution in [2.45, 2.75) is 25.2 Å². The molecule has 1 aliphatic carbocycles. The van der Waals surface area contributed by atoms with Crippen molar-refractivity contribution in [2.75, 3.05) is 13.6 Å². The van der Waals surface area contributed by atoms with Gasteiger partial charge in [0.25, 0.3) is 5.91 Å². The summed E-state index contributed by atoms with van der Waals surface area (Å²) in [5.74, 6) is -0.597. The lowest BCUT2D eigenvalue weighted by atomic mass is 10.0. The van der Waals surface area contributed by atoms with Crippen molar-refractivity contribution in [3.63, 3.8) is 0 Å². The van der Waals surface area contributed by atoms with Crippen LogP contribution in [0.1, 0.15) is 41.2 Å². The fourth-order valence-electron chi connectivity index (χ4n) is 2.53. The standard InChI is InChI=1S/C17H18N2O3/c1-19(9-8-16(20)21)17(22)13-10-15(11-6-7-11)18-14-5-3-2-4-12(13)14/h2-5,10-11H,6-9H2,1H3,(H,20,21). The highest BCUT2D eigenvalue weighted by atomic mass is 16.4. The van der Waals surface area contributed by atoms with E-state index < -0.39 is 5.97 Å². The Labute approximate surface area is 128 Å². The highest BCUT2D eigenvalue weighted by Gasteiger charge is 2.27. The first-order valence-electron chi connectivity index (χ1n) is 7.43. The van der Waals surface area contributed by atoms with Crippen LogP contribution in [0.25, 0.3) is 10.9 Å². The van der Waals surface area contributed by atoms with Crippen molar-refractivity contribution in [3.8, 4) is 0 Å². The Balaban J connectivity index is 1.97. The van der Waals surface area contributed by atoms with Crippen LogP contribution in [0.15, 0.2) is 30.3 Å². The number of carboxylic acids is 1. The number of aromatic nitrogens is 1. The molecule has 1 N–H and O–H groups in total. The van der Waals surface area contributed by atoms with Gasteiger partial charge in [0.15, 0.2) is 0 Å². The van der Waals surface area contributed by atoms with Gasteiger partial charge in [-0.05, 0) is 25.0 Å². The van der Waals surface area contributed by atoms with E-state index in [4.69, 9.17) is 5.11 Å². The van der Waals surface area contributed by atoms with Crippen LogP contribution in [0.5, 0.6) is 0 Å². The third-order valence-corrected chi connectivity index (χ3v) is 3.97. The van der Waals surface area contributed by atoms with Gasteiger partial charge in [0, 0.05) is 30.6 Å². The van der Waals surface area contributed by atoms with Crippen molar-refractivity contribution >= 4 is 22.8 Å². The summed E-state index contributed by atoms with van der Waals surface area (Å²) in [6.07, 6.45) is 2.18. The number of rotatable bonds is 5. The minimum Gasteiger partial charge on any atom is -0.481 e. The maximum atomic E-state index is 12.7. The Morgan fingerprint density at radius 1 is 1.32 bits per heavy atom. The molecule has 2 aromatic rings. The molecule has 1 aromatic heterocycles. The molecule has 0 atom stereocenters. The molecule has 1 aromatic carbocycles. The number of hydrogen-bond acceptors (Lipinski definition) is 3. The lowest BCUT2D eigenvalue weighted by molar-refractivity contribution is -0.137. The number of carbonyl (C=O) groups excluding carboxylic acids is 1. The largest absolute Gasteiger partial charge is 0.481 e. The van der Waals surface area contributed by atoms with Gasteiger partial charge in [0.2, 0.25) is 0 Å². The molecule has 0 bridgehead atoms. The summed E-state index contributed by atoms with van der Waals surface area (Å²) in [6, 6.07) is 9.47. The first-order valence-corrected chi connectivity index (χ1v) is 7.43. The van der Waals surface area contributed by atoms with Gasteiger partial charge >= 0.3 is 5.97 Å². The Morgan fingerprint density at radius 2 is 2.05 bits per heavy atom. The Kier molecular flexibility index (Phi) is 3.79. The lowest BCUT2D eigenvalue weighted by Gasteiger charge is -2.18. The molecule has 1 amide bonds. The van der Waals surface area contributed by atoms with E-state index in [1.165, 1.54) is 4.90 Å². The van der Waals surface area contributed by atoms with E-state index >= 15 is 0 Å². The van der Waals surface area contributed by atoms with Crippen molar-refractivity contribution < 1.29 is 14.7 Å². The lowest BCUT2D eigenvalue weighted by Crippen LogP contribution is -2.29. The normalized spacial score (nSPS) is 14.0. The van der Waals surface area contributed by atoms with E-state index in [2.05, 4.69) is 4.98 Å². The second kappa shape index (κ2) is 5.75. The van der Waals surface area contributed by atoms with Crippen LogP contribution < -0.4 is 0 Å². The average Bonchev–Trinajstić information content (AvgIpc) is 3.35. The van der Waals surface area contributed by atoms with E-state index in [0.717, 1.165) is 29.4 Å². The van der Waals surface area contributed by atoms with Gasteiger partial charge < -0.3 is 10.0 Å². The van der Waals surface area contributed by atoms with Crippen LogP contribution in [0.4, 0.5) is 0 Å². The van der Waals surface area contributed by atoms with Crippen LogP contribution in [0.2, 0.25) is 0 Å². The zero-order valence-corrected chi connectivity index (χ0v) is 12.5. The maximum Gasteiger partial charge on any atom is 0.305 e. The van der Waals surface area contributed by atoms with Crippen LogP contribution in [-0.2, 0) is 4.79 Å². The van der Waals surface area contributed by atoms with Crippen molar-refractivity contribution in [1.82, 2.24) is 9.88 Å². The van der Waals surface area contributed by atoms with Gasteiger partial charge in [0.05, 0.1) is 17.5 Å². The summed E-state index contributed by atoms with van der Waals surface area (Å²) < 4.78 is 0. The molecule has 1 fully saturated rings. The molecular weight excluding hydrogens is 280 g/mol. The minimum absolute atomic E-state index is 0.0548. The van der Waals surface area contributed by atoms with E-state index in [1.807, 2.05) is 30.3 Å². The fraction of sp³-hybridized carbons (Fsp3) is 0.353. The molecule has 5 heteroatoms. The number of carboxylic acid groups (broad SMARTS) is 1. The fourth-order valence-corrected chi connectivity index (χ4v) is 2.53. The van der Waals surface area contributed by atoms with Crippen molar-refractivity contribution in [2.24, 2.45) is 0 Å². The number of carbonyl (C=O) groups is 2. The Morgan fingerprint density at radius 3 is 2.73 bits per heavy atom. The van der Waals surface area contributed by atoms with Gasteiger partial charge in [-0.2, -0.15) is 0 Å². The molecule has 3 rings (SSSR count). The van der Waals surface area contributed by atoms with Crippen LogP contribution in [-0.4, -0.2) is 40.5 Å². The summed E-state index contributed by atoms with van der Waals surface area (Å²) in [4.78, 5) is 29.5. The van der Waals surface area contributed by atoms with Gasteiger partial charge in [0.1, 0.15) is 0 Å². The van der Waals surface area contributed by atoms with E-state index in [9.17, 15) is 9.59 Å². The van der Waals surface area contributed by atoms with Gasteiger partial charge in [-0.15, -0.1) is 0 Å². The molecule has 0 radical (unpaired) electrons. The summed E-state index contributed by atoms with van der Waals surface area (Å²) >= 11 is 0. The number of pyridine rings is 1. The van der Waals surface area contributed by atoms with Gasteiger partial charge in [-0.1, -0.05) is 18.2 Å². The predicted octanol–water partition coefficient (Wildman–Crippen LogP) is 2.66. The van der Waals surface area contributed by atoms with Gasteiger partial charge in [-0.3, -0.25) is 14.6 Å². The van der Waals surface area contributed by atoms with E-state index in [0.29, 0.717) is 11.5 Å². The second-order valence-corrected chi connectivity index (χ2v) is 5.76. The smallest absolute Gasteiger partial charge is 0.305 e. The molecule has 5 nitrogen and oxygen atoms in total. The van der Waals surface area contributed by atoms with E-state index in [1.54, 1.807) is 7.05 Å². The summed E-state index contributed by atoms with van der Waals surface area (Å²) in [7, 11) is 1.64. The summed E-state index contributed by atoms with van der Waals surface area (Å²) in [6.45, 7) is 0.198. The zero-order valence-electron chi connectivity index (χ0n) is 12.5. The SMILES string of the molecule is CN(CCC(=O)O)C(=O)c1cc(C2CC2)nc2ccccc12. The molecule has 0 unspecified atom stereocenters. The minimum atomic E-state index is -0.905. The topological polar surface area (TPSA) is 70.5 Å². The average molecular weight is 298 g/mol. The molecular formula is C17H18N2O3. The number of benzene rings is 1. The first-order chi connectivity index (χ1) is 10.6. The van der Waals surface area contributed by atoms with Crippen LogP contribution in [0.3, 0.4) is 0 Å². The van der Waals surface area contributed by atoms with Crippen LogP contribution >= 0.6 is 0 Å². The highest BCUT2D eigenvalue weighted by molar-refractivity contribution is 6.06. The van der Waals surface area contributed by atoms with Crippen molar-refractivity contribution in [3.05, 3.63) is 41.6 Å². The molecule has 0 saturated heterocycles. The number of para-hydroxylation sites is 1. The number of fused-ring (bicyclic) bond motifs is 1. The first kappa shape index (κ1) is 14.5. The molecule has 0 aliphatic heterocycles. The quantitative estimate of drug-likeness (QED) is 0.921. The molecule has 1 saturated carbocycles. The number of nitrogens with zero attached hydrogens (tertiary/aromatic N) is 2. The predicted molar refractivity (Wildman–Crippen MR) is 82.9 cm³/mol. The third-order valence-electron chi connectivity index (χ3n) is 3.97. The third kappa shape index (κ3) is 2.93. The summed E-state index contributed by atoms with van der Waals surface area (Å²) in [5, 5.41) is 9.58. The zero-order chi connectivity index (χ0) is 15.7. The Hall–Kier alpha value is -2.43. The molecule has 22 heavy (non-hydrogen) atoms. The van der Waals surface area contributed by atoms with Crippen LogP contribution in [0, 0.1) is 0 Å². The summed E-state index contributed by atoms with van der Waals surface area (Å²) in [5.41, 5.74) is 2.40. The monoisotopic (exact) mass is 298 g/mol. The second-order valence-electron chi connectivity index (χ2n) is 5.76. The van der Waals surface area contributed by atoms with Crippen molar-refractivity contribution in [1.29, 1.82) is 0 Å². The Bertz CT molecular complexity index is 738. The number of hydrogen-bond donors (Lipinski definition) is 1. The van der Waals surface area contributed by atoms with E-state index in [-0.39, 0.29) is 18.9 Å². The maximum absolute atomic E-state index is 12.7. The van der Waals surface area contributed by atoms with Gasteiger partial charge in [-0.25, -0.2) is 0 Å². The highest BCUT2D eigenvalue weighted by Crippen LogP contribution is 2.40. The molecule has 1 aliphatic rings. The molecule has 114 valence electrons. The number of aliphatic carboxylic acids is 1. The molecule has 1 heterocycles. The molecule has 0 spiro atoms.